The lowest BCUT2D eigenvalue weighted by atomic mass is 10.1. The molecule has 6 nitrogen and oxygen atoms in total. The minimum atomic E-state index is -1.08. The van der Waals surface area contributed by atoms with Gasteiger partial charge in [-0.25, -0.2) is 4.79 Å². The van der Waals surface area contributed by atoms with Gasteiger partial charge < -0.3 is 10.4 Å². The number of amides is 2. The molecule has 0 radical (unpaired) electrons. The normalized spacial score (nSPS) is 13.8. The highest BCUT2D eigenvalue weighted by Gasteiger charge is 2.25. The summed E-state index contributed by atoms with van der Waals surface area (Å²) in [5.74, 6) is 1.14. The summed E-state index contributed by atoms with van der Waals surface area (Å²) in [6, 6.07) is 5.24. The molecule has 2 aromatic heterocycles. The van der Waals surface area contributed by atoms with E-state index in [-0.39, 0.29) is 12.6 Å². The van der Waals surface area contributed by atoms with E-state index in [2.05, 4.69) is 29.6 Å². The first-order chi connectivity index (χ1) is 10.8. The van der Waals surface area contributed by atoms with Crippen molar-refractivity contribution in [3.8, 4) is 0 Å². The van der Waals surface area contributed by atoms with E-state index in [0.29, 0.717) is 11.7 Å². The van der Waals surface area contributed by atoms with Crippen molar-refractivity contribution < 1.29 is 9.90 Å². The topological polar surface area (TPSA) is 79.2 Å². The van der Waals surface area contributed by atoms with Crippen LogP contribution in [0.25, 0.3) is 0 Å². The Bertz CT molecular complexity index is 647. The fourth-order valence-corrected chi connectivity index (χ4v) is 3.03. The van der Waals surface area contributed by atoms with Gasteiger partial charge in [-0.1, -0.05) is 19.9 Å². The van der Waals surface area contributed by atoms with Gasteiger partial charge in [-0.15, -0.1) is 11.3 Å². The first kappa shape index (κ1) is 17.5. The molecule has 7 heteroatoms. The minimum absolute atomic E-state index is 0.135. The van der Waals surface area contributed by atoms with Crippen LogP contribution in [0.4, 0.5) is 10.6 Å². The maximum atomic E-state index is 12.0. The molecule has 0 spiro atoms. The molecule has 0 saturated carbocycles. The summed E-state index contributed by atoms with van der Waals surface area (Å²) in [4.78, 5) is 12.9. The third-order valence-corrected chi connectivity index (χ3v) is 4.56. The van der Waals surface area contributed by atoms with Gasteiger partial charge in [0.05, 0.1) is 12.2 Å². The third-order valence-electron chi connectivity index (χ3n) is 3.43. The Labute approximate surface area is 140 Å². The molecule has 0 aliphatic heterocycles. The molecule has 0 aliphatic carbocycles. The lowest BCUT2D eigenvalue weighted by Crippen LogP contribution is -2.40. The number of thiophene rings is 1. The van der Waals surface area contributed by atoms with Crippen LogP contribution in [0.2, 0.25) is 0 Å². The van der Waals surface area contributed by atoms with Crippen LogP contribution in [-0.4, -0.2) is 27.5 Å². The van der Waals surface area contributed by atoms with Crippen molar-refractivity contribution in [2.45, 2.75) is 32.8 Å². The van der Waals surface area contributed by atoms with Crippen LogP contribution in [0.15, 0.2) is 23.6 Å². The monoisotopic (exact) mass is 336 g/mol. The Morgan fingerprint density at radius 1 is 1.52 bits per heavy atom. The summed E-state index contributed by atoms with van der Waals surface area (Å²) >= 11 is 1.46. The number of hydrogen-bond donors (Lipinski definition) is 3. The summed E-state index contributed by atoms with van der Waals surface area (Å²) in [6.07, 6.45) is 0.865. The SMILES string of the molecule is CC(C)Cc1cc(NC(=O)NC[C@](C)(O)c2cccs2)n(C)n1. The van der Waals surface area contributed by atoms with Crippen molar-refractivity contribution in [3.63, 3.8) is 0 Å². The second-order valence-electron chi connectivity index (χ2n) is 6.30. The molecule has 2 rings (SSSR count). The van der Waals surface area contributed by atoms with E-state index in [1.165, 1.54) is 11.3 Å². The minimum Gasteiger partial charge on any atom is -0.383 e. The molecule has 0 bridgehead atoms. The van der Waals surface area contributed by atoms with Crippen LogP contribution < -0.4 is 10.6 Å². The van der Waals surface area contributed by atoms with Crippen LogP contribution in [0, 0.1) is 5.92 Å². The Hall–Kier alpha value is -1.86. The van der Waals surface area contributed by atoms with Crippen LogP contribution in [0.3, 0.4) is 0 Å². The summed E-state index contributed by atoms with van der Waals surface area (Å²) in [5.41, 5.74) is -0.135. The zero-order valence-electron chi connectivity index (χ0n) is 14.0. The number of hydrogen-bond acceptors (Lipinski definition) is 4. The number of nitrogens with zero attached hydrogens (tertiary/aromatic N) is 2. The average molecular weight is 336 g/mol. The Morgan fingerprint density at radius 2 is 2.26 bits per heavy atom. The highest BCUT2D eigenvalue weighted by atomic mass is 32.1. The van der Waals surface area contributed by atoms with Crippen LogP contribution >= 0.6 is 11.3 Å². The number of rotatable bonds is 6. The second kappa shape index (κ2) is 7.14. The summed E-state index contributed by atoms with van der Waals surface area (Å²) < 4.78 is 1.65. The van der Waals surface area contributed by atoms with E-state index < -0.39 is 5.60 Å². The summed E-state index contributed by atoms with van der Waals surface area (Å²) in [7, 11) is 1.79. The third kappa shape index (κ3) is 4.80. The quantitative estimate of drug-likeness (QED) is 0.759. The molecule has 2 aromatic rings. The van der Waals surface area contributed by atoms with E-state index in [0.717, 1.165) is 17.0 Å². The zero-order chi connectivity index (χ0) is 17.0. The van der Waals surface area contributed by atoms with Gasteiger partial charge in [0.1, 0.15) is 11.4 Å². The molecule has 2 heterocycles. The van der Waals surface area contributed by atoms with Gasteiger partial charge >= 0.3 is 6.03 Å². The molecule has 0 aliphatic rings. The molecule has 1 atom stereocenters. The lowest BCUT2D eigenvalue weighted by Gasteiger charge is -2.22. The van der Waals surface area contributed by atoms with E-state index in [1.807, 2.05) is 23.6 Å². The summed E-state index contributed by atoms with van der Waals surface area (Å²) in [5, 5.41) is 22.1. The largest absolute Gasteiger partial charge is 0.383 e. The van der Waals surface area contributed by atoms with Crippen molar-refractivity contribution in [1.29, 1.82) is 0 Å². The molecular weight excluding hydrogens is 312 g/mol. The van der Waals surface area contributed by atoms with Gasteiger partial charge in [-0.05, 0) is 30.7 Å². The number of carbonyl (C=O) groups excluding carboxylic acids is 1. The van der Waals surface area contributed by atoms with Crippen LogP contribution in [0.5, 0.6) is 0 Å². The van der Waals surface area contributed by atoms with E-state index in [4.69, 9.17) is 0 Å². The van der Waals surface area contributed by atoms with Crippen molar-refractivity contribution in [3.05, 3.63) is 34.2 Å². The smallest absolute Gasteiger partial charge is 0.320 e. The Morgan fingerprint density at radius 3 is 2.87 bits per heavy atom. The van der Waals surface area contributed by atoms with Crippen LogP contribution in [0.1, 0.15) is 31.3 Å². The Kier molecular flexibility index (Phi) is 5.43. The maximum absolute atomic E-state index is 12.0. The maximum Gasteiger partial charge on any atom is 0.320 e. The summed E-state index contributed by atoms with van der Waals surface area (Å²) in [6.45, 7) is 6.07. The van der Waals surface area contributed by atoms with Gasteiger partial charge in [0.15, 0.2) is 0 Å². The van der Waals surface area contributed by atoms with E-state index >= 15 is 0 Å². The number of anilines is 1. The number of aromatic nitrogens is 2. The number of carbonyl (C=O) groups is 1. The molecule has 2 amide bonds. The Balaban J connectivity index is 1.91. The molecule has 23 heavy (non-hydrogen) atoms. The molecule has 0 aromatic carbocycles. The molecule has 3 N–H and O–H groups in total. The zero-order valence-corrected chi connectivity index (χ0v) is 14.8. The van der Waals surface area contributed by atoms with Gasteiger partial charge in [-0.3, -0.25) is 10.00 Å². The number of aliphatic hydroxyl groups is 1. The molecular formula is C16H24N4O2S. The molecule has 0 unspecified atom stereocenters. The fourth-order valence-electron chi connectivity index (χ4n) is 2.25. The van der Waals surface area contributed by atoms with Crippen LogP contribution in [-0.2, 0) is 19.1 Å². The highest BCUT2D eigenvalue weighted by molar-refractivity contribution is 7.10. The predicted octanol–water partition coefficient (Wildman–Crippen LogP) is 2.71. The number of aryl methyl sites for hydroxylation is 1. The number of urea groups is 1. The first-order valence-corrected chi connectivity index (χ1v) is 8.50. The first-order valence-electron chi connectivity index (χ1n) is 7.62. The molecule has 0 fully saturated rings. The van der Waals surface area contributed by atoms with Crippen molar-refractivity contribution >= 4 is 23.2 Å². The van der Waals surface area contributed by atoms with Crippen molar-refractivity contribution in [2.75, 3.05) is 11.9 Å². The standard InChI is InChI=1S/C16H24N4O2S/c1-11(2)8-12-9-14(20(4)19-12)18-15(21)17-10-16(3,22)13-6-5-7-23-13/h5-7,9,11,22H,8,10H2,1-4H3,(H2,17,18,21)/t16-/m0/s1. The lowest BCUT2D eigenvalue weighted by molar-refractivity contribution is 0.0637. The number of nitrogens with one attached hydrogen (secondary N) is 2. The van der Waals surface area contributed by atoms with Gasteiger partial charge in [-0.2, -0.15) is 5.10 Å². The van der Waals surface area contributed by atoms with E-state index in [1.54, 1.807) is 18.7 Å². The predicted molar refractivity (Wildman–Crippen MR) is 92.7 cm³/mol. The van der Waals surface area contributed by atoms with Gasteiger partial charge in [0.2, 0.25) is 0 Å². The second-order valence-corrected chi connectivity index (χ2v) is 7.25. The molecule has 126 valence electrons. The van der Waals surface area contributed by atoms with Crippen molar-refractivity contribution in [1.82, 2.24) is 15.1 Å². The van der Waals surface area contributed by atoms with E-state index in [9.17, 15) is 9.90 Å². The molecule has 0 saturated heterocycles. The van der Waals surface area contributed by atoms with Gasteiger partial charge in [0.25, 0.3) is 0 Å². The van der Waals surface area contributed by atoms with Gasteiger partial charge in [0, 0.05) is 18.0 Å². The fraction of sp³-hybridized carbons (Fsp3) is 0.500. The average Bonchev–Trinajstić information content (AvgIpc) is 3.07. The highest BCUT2D eigenvalue weighted by Crippen LogP contribution is 2.24. The van der Waals surface area contributed by atoms with Crippen molar-refractivity contribution in [2.24, 2.45) is 13.0 Å².